The van der Waals surface area contributed by atoms with E-state index in [-0.39, 0.29) is 24.2 Å². The van der Waals surface area contributed by atoms with E-state index < -0.39 is 6.10 Å². The Morgan fingerprint density at radius 1 is 1.21 bits per heavy atom. The average Bonchev–Trinajstić information content (AvgIpc) is 2.60. The van der Waals surface area contributed by atoms with E-state index >= 15 is 0 Å². The number of nitrogens with one attached hydrogen (secondary N) is 1. The molecule has 1 aliphatic heterocycles. The number of aliphatic hydroxyl groups excluding tert-OH is 1. The Labute approximate surface area is 144 Å². The Bertz CT molecular complexity index is 537. The lowest BCUT2D eigenvalue weighted by molar-refractivity contribution is -0.123. The minimum atomic E-state index is -0.588. The molecule has 0 aliphatic carbocycles. The number of nitrogens with zero attached hydrogens (tertiary/aromatic N) is 1. The van der Waals surface area contributed by atoms with Crippen LogP contribution in [0.2, 0.25) is 0 Å². The number of carbonyl (C=O) groups excluding carboxylic acids is 2. The zero-order chi connectivity index (χ0) is 17.5. The van der Waals surface area contributed by atoms with Crippen molar-refractivity contribution in [3.63, 3.8) is 0 Å². The molecule has 1 saturated heterocycles. The molecule has 1 fully saturated rings. The topological polar surface area (TPSA) is 69.6 Å². The summed E-state index contributed by atoms with van der Waals surface area (Å²) in [6.07, 6.45) is 1.36. The van der Waals surface area contributed by atoms with E-state index in [2.05, 4.69) is 5.32 Å². The molecule has 1 unspecified atom stereocenters. The minimum Gasteiger partial charge on any atom is -0.392 e. The monoisotopic (exact) mass is 332 g/mol. The lowest BCUT2D eigenvalue weighted by Crippen LogP contribution is -2.42. The smallest absolute Gasteiger partial charge is 0.253 e. The maximum atomic E-state index is 12.4. The first-order valence-corrected chi connectivity index (χ1v) is 8.76. The minimum absolute atomic E-state index is 0.0816. The van der Waals surface area contributed by atoms with Gasteiger partial charge in [0.15, 0.2) is 0 Å². The Balaban J connectivity index is 1.71. The molecule has 1 aromatic rings. The number of hydrogen-bond acceptors (Lipinski definition) is 3. The predicted octanol–water partition coefficient (Wildman–Crippen LogP) is 2.06. The molecule has 2 rings (SSSR count). The molecule has 0 aromatic heterocycles. The molecule has 5 nitrogen and oxygen atoms in total. The first-order chi connectivity index (χ1) is 11.5. The van der Waals surface area contributed by atoms with Gasteiger partial charge in [-0.05, 0) is 36.8 Å². The molecule has 0 bridgehead atoms. The molecular weight excluding hydrogens is 304 g/mol. The first-order valence-electron chi connectivity index (χ1n) is 8.76. The molecule has 1 aliphatic rings. The fraction of sp³-hybridized carbons (Fsp3) is 0.579. The van der Waals surface area contributed by atoms with Gasteiger partial charge < -0.3 is 15.3 Å². The molecule has 132 valence electrons. The van der Waals surface area contributed by atoms with E-state index in [0.29, 0.717) is 12.5 Å². The van der Waals surface area contributed by atoms with Crippen LogP contribution in [0.25, 0.3) is 0 Å². The van der Waals surface area contributed by atoms with Gasteiger partial charge in [0.05, 0.1) is 12.5 Å². The molecule has 1 aromatic carbocycles. The standard InChI is InChI=1S/C19H28N2O3/c1-14(2)17(22)12-18(23)20-13-15-8-10-21(11-9-15)19(24)16-6-4-3-5-7-16/h3-7,14-15,17,22H,8-13H2,1-2H3,(H,20,23). The molecular formula is C19H28N2O3. The SMILES string of the molecule is CC(C)C(O)CC(=O)NCC1CCN(C(=O)c2ccccc2)CC1. The Kier molecular flexibility index (Phi) is 6.79. The summed E-state index contributed by atoms with van der Waals surface area (Å²) in [6.45, 7) is 5.87. The van der Waals surface area contributed by atoms with Gasteiger partial charge in [-0.25, -0.2) is 0 Å². The summed E-state index contributed by atoms with van der Waals surface area (Å²) < 4.78 is 0. The molecule has 1 atom stereocenters. The van der Waals surface area contributed by atoms with Crippen LogP contribution in [0, 0.1) is 11.8 Å². The van der Waals surface area contributed by atoms with Crippen LogP contribution in [0.5, 0.6) is 0 Å². The highest BCUT2D eigenvalue weighted by atomic mass is 16.3. The zero-order valence-corrected chi connectivity index (χ0v) is 14.6. The van der Waals surface area contributed by atoms with Crippen molar-refractivity contribution >= 4 is 11.8 Å². The van der Waals surface area contributed by atoms with Crippen LogP contribution in [-0.2, 0) is 4.79 Å². The Morgan fingerprint density at radius 2 is 1.83 bits per heavy atom. The largest absolute Gasteiger partial charge is 0.392 e. The quantitative estimate of drug-likeness (QED) is 0.838. The summed E-state index contributed by atoms with van der Waals surface area (Å²) in [5.74, 6) is 0.463. The summed E-state index contributed by atoms with van der Waals surface area (Å²) in [6, 6.07) is 9.34. The van der Waals surface area contributed by atoms with Crippen molar-refractivity contribution in [1.82, 2.24) is 10.2 Å². The third kappa shape index (κ3) is 5.34. The fourth-order valence-electron chi connectivity index (χ4n) is 2.86. The number of rotatable bonds is 6. The summed E-state index contributed by atoms with van der Waals surface area (Å²) >= 11 is 0. The van der Waals surface area contributed by atoms with Crippen molar-refractivity contribution in [2.24, 2.45) is 11.8 Å². The molecule has 0 radical (unpaired) electrons. The molecule has 2 amide bonds. The van der Waals surface area contributed by atoms with Crippen LogP contribution < -0.4 is 5.32 Å². The van der Waals surface area contributed by atoms with Gasteiger partial charge in [0, 0.05) is 25.2 Å². The van der Waals surface area contributed by atoms with E-state index in [9.17, 15) is 14.7 Å². The highest BCUT2D eigenvalue weighted by Crippen LogP contribution is 2.18. The second-order valence-electron chi connectivity index (χ2n) is 6.92. The number of piperidine rings is 1. The summed E-state index contributed by atoms with van der Waals surface area (Å²) in [5, 5.41) is 12.6. The summed E-state index contributed by atoms with van der Waals surface area (Å²) in [7, 11) is 0. The zero-order valence-electron chi connectivity index (χ0n) is 14.6. The third-order valence-corrected chi connectivity index (χ3v) is 4.67. The van der Waals surface area contributed by atoms with E-state index in [0.717, 1.165) is 31.5 Å². The normalized spacial score (nSPS) is 16.9. The lowest BCUT2D eigenvalue weighted by atomic mass is 9.96. The molecule has 24 heavy (non-hydrogen) atoms. The Hall–Kier alpha value is -1.88. The third-order valence-electron chi connectivity index (χ3n) is 4.67. The number of likely N-dealkylation sites (tertiary alicyclic amines) is 1. The van der Waals surface area contributed by atoms with Crippen LogP contribution in [0.1, 0.15) is 43.5 Å². The van der Waals surface area contributed by atoms with E-state index in [1.165, 1.54) is 0 Å². The second-order valence-corrected chi connectivity index (χ2v) is 6.92. The highest BCUT2D eigenvalue weighted by Gasteiger charge is 2.24. The summed E-state index contributed by atoms with van der Waals surface area (Å²) in [5.41, 5.74) is 0.729. The highest BCUT2D eigenvalue weighted by molar-refractivity contribution is 5.94. The molecule has 5 heteroatoms. The lowest BCUT2D eigenvalue weighted by Gasteiger charge is -2.32. The predicted molar refractivity (Wildman–Crippen MR) is 93.5 cm³/mol. The number of aliphatic hydroxyl groups is 1. The van der Waals surface area contributed by atoms with Crippen LogP contribution >= 0.6 is 0 Å². The Morgan fingerprint density at radius 3 is 2.42 bits per heavy atom. The van der Waals surface area contributed by atoms with Crippen LogP contribution in [0.3, 0.4) is 0 Å². The van der Waals surface area contributed by atoms with E-state index in [1.807, 2.05) is 49.1 Å². The van der Waals surface area contributed by atoms with Crippen molar-refractivity contribution in [2.75, 3.05) is 19.6 Å². The maximum Gasteiger partial charge on any atom is 0.253 e. The number of amides is 2. The average molecular weight is 332 g/mol. The van der Waals surface area contributed by atoms with E-state index in [1.54, 1.807) is 0 Å². The van der Waals surface area contributed by atoms with E-state index in [4.69, 9.17) is 0 Å². The summed E-state index contributed by atoms with van der Waals surface area (Å²) in [4.78, 5) is 26.1. The van der Waals surface area contributed by atoms with Gasteiger partial charge in [0.25, 0.3) is 5.91 Å². The number of hydrogen-bond donors (Lipinski definition) is 2. The van der Waals surface area contributed by atoms with Gasteiger partial charge in [-0.3, -0.25) is 9.59 Å². The van der Waals surface area contributed by atoms with Crippen molar-refractivity contribution in [3.05, 3.63) is 35.9 Å². The van der Waals surface area contributed by atoms with Gasteiger partial charge in [-0.1, -0.05) is 32.0 Å². The van der Waals surface area contributed by atoms with Crippen LogP contribution in [0.15, 0.2) is 30.3 Å². The van der Waals surface area contributed by atoms with Gasteiger partial charge >= 0.3 is 0 Å². The van der Waals surface area contributed by atoms with Crippen molar-refractivity contribution < 1.29 is 14.7 Å². The molecule has 2 N–H and O–H groups in total. The van der Waals surface area contributed by atoms with Gasteiger partial charge in [0.2, 0.25) is 5.91 Å². The number of benzene rings is 1. The fourth-order valence-corrected chi connectivity index (χ4v) is 2.86. The van der Waals surface area contributed by atoms with Crippen molar-refractivity contribution in [1.29, 1.82) is 0 Å². The van der Waals surface area contributed by atoms with Gasteiger partial charge in [-0.15, -0.1) is 0 Å². The van der Waals surface area contributed by atoms with Gasteiger partial charge in [-0.2, -0.15) is 0 Å². The first kappa shape index (κ1) is 18.5. The molecule has 0 spiro atoms. The molecule has 1 heterocycles. The molecule has 0 saturated carbocycles. The van der Waals surface area contributed by atoms with Crippen LogP contribution in [-0.4, -0.2) is 47.6 Å². The van der Waals surface area contributed by atoms with Crippen LogP contribution in [0.4, 0.5) is 0 Å². The second kappa shape index (κ2) is 8.83. The number of carbonyl (C=O) groups is 2. The van der Waals surface area contributed by atoms with Gasteiger partial charge in [0.1, 0.15) is 0 Å². The van der Waals surface area contributed by atoms with Crippen molar-refractivity contribution in [2.45, 2.75) is 39.2 Å². The maximum absolute atomic E-state index is 12.4. The van der Waals surface area contributed by atoms with Crippen molar-refractivity contribution in [3.8, 4) is 0 Å².